The quantitative estimate of drug-likeness (QED) is 0.580. The Bertz CT molecular complexity index is 485. The second kappa shape index (κ2) is 10.2. The number of nitrogens with one attached hydrogen (secondary N) is 2. The van der Waals surface area contributed by atoms with Crippen molar-refractivity contribution in [2.45, 2.75) is 64.2 Å². The second-order valence-corrected chi connectivity index (χ2v) is 8.86. The van der Waals surface area contributed by atoms with E-state index < -0.39 is 0 Å². The highest BCUT2D eigenvalue weighted by atomic mass is 32.2. The van der Waals surface area contributed by atoms with Crippen molar-refractivity contribution < 1.29 is 0 Å². The summed E-state index contributed by atoms with van der Waals surface area (Å²) in [5, 5.41) is 9.02. The van der Waals surface area contributed by atoms with Crippen LogP contribution in [0.2, 0.25) is 0 Å². The first-order valence-corrected chi connectivity index (χ1v) is 10.7. The molecule has 0 spiro atoms. The molecule has 1 heterocycles. The molecule has 4 nitrogen and oxygen atoms in total. The zero-order valence-corrected chi connectivity index (χ0v) is 16.2. The zero-order valence-electron chi connectivity index (χ0n) is 14.6. The lowest BCUT2D eigenvalue weighted by atomic mass is 9.95. The molecule has 0 aliphatic heterocycles. The van der Waals surface area contributed by atoms with Gasteiger partial charge in [-0.15, -0.1) is 11.3 Å². The Hall–Kier alpha value is -0.750. The molecule has 1 fully saturated rings. The van der Waals surface area contributed by atoms with Gasteiger partial charge in [0.1, 0.15) is 0 Å². The molecule has 2 rings (SSSR count). The van der Waals surface area contributed by atoms with Crippen LogP contribution in [-0.4, -0.2) is 41.1 Å². The number of rotatable bonds is 7. The second-order valence-electron chi connectivity index (χ2n) is 5.96. The molecule has 23 heavy (non-hydrogen) atoms. The maximum absolute atomic E-state index is 4.74. The largest absolute Gasteiger partial charge is 0.357 e. The lowest BCUT2D eigenvalue weighted by Crippen LogP contribution is -2.45. The highest BCUT2D eigenvalue weighted by Crippen LogP contribution is 2.28. The number of thiazole rings is 1. The van der Waals surface area contributed by atoms with Crippen LogP contribution in [-0.2, 0) is 6.42 Å². The van der Waals surface area contributed by atoms with Crippen LogP contribution in [0.3, 0.4) is 0 Å². The Morgan fingerprint density at radius 2 is 2.30 bits per heavy atom. The molecule has 1 aromatic rings. The fourth-order valence-electron chi connectivity index (χ4n) is 2.96. The molecule has 2 unspecified atom stereocenters. The summed E-state index contributed by atoms with van der Waals surface area (Å²) in [6.07, 6.45) is 8.08. The van der Waals surface area contributed by atoms with E-state index in [0.29, 0.717) is 6.04 Å². The van der Waals surface area contributed by atoms with Crippen molar-refractivity contribution in [1.29, 1.82) is 0 Å². The molecule has 1 saturated carbocycles. The highest BCUT2D eigenvalue weighted by Gasteiger charge is 2.22. The van der Waals surface area contributed by atoms with Gasteiger partial charge in [0.15, 0.2) is 5.96 Å². The van der Waals surface area contributed by atoms with Gasteiger partial charge in [0.2, 0.25) is 0 Å². The first kappa shape index (κ1) is 18.6. The number of aromatic nitrogens is 1. The summed E-state index contributed by atoms with van der Waals surface area (Å²) in [4.78, 5) is 10.4. The molecule has 0 aromatic carbocycles. The average molecular weight is 355 g/mol. The van der Waals surface area contributed by atoms with Crippen LogP contribution in [0.15, 0.2) is 11.2 Å². The van der Waals surface area contributed by atoms with E-state index in [4.69, 9.17) is 4.99 Å². The Labute approximate surface area is 149 Å². The minimum Gasteiger partial charge on any atom is -0.357 e. The molecule has 0 bridgehead atoms. The van der Waals surface area contributed by atoms with Gasteiger partial charge < -0.3 is 10.6 Å². The van der Waals surface area contributed by atoms with E-state index in [-0.39, 0.29) is 0 Å². The van der Waals surface area contributed by atoms with Crippen LogP contribution in [0.1, 0.15) is 49.4 Å². The van der Waals surface area contributed by atoms with Crippen molar-refractivity contribution in [2.24, 2.45) is 4.99 Å². The van der Waals surface area contributed by atoms with Crippen molar-refractivity contribution in [3.63, 3.8) is 0 Å². The minimum absolute atomic E-state index is 0.563. The predicted octanol–water partition coefficient (Wildman–Crippen LogP) is 3.61. The highest BCUT2D eigenvalue weighted by molar-refractivity contribution is 7.99. The van der Waals surface area contributed by atoms with Gasteiger partial charge in [-0.25, -0.2) is 4.98 Å². The van der Waals surface area contributed by atoms with Gasteiger partial charge >= 0.3 is 0 Å². The van der Waals surface area contributed by atoms with Crippen LogP contribution in [0, 0.1) is 6.92 Å². The lowest BCUT2D eigenvalue weighted by Gasteiger charge is -2.30. The topological polar surface area (TPSA) is 49.3 Å². The summed E-state index contributed by atoms with van der Waals surface area (Å²) in [5.41, 5.74) is 0. The predicted molar refractivity (Wildman–Crippen MR) is 104 cm³/mol. The summed E-state index contributed by atoms with van der Waals surface area (Å²) in [6, 6.07) is 0.563. The number of guanidine groups is 1. The van der Waals surface area contributed by atoms with E-state index in [1.807, 2.05) is 6.20 Å². The Balaban J connectivity index is 1.83. The molecule has 0 amide bonds. The van der Waals surface area contributed by atoms with Gasteiger partial charge in [-0.3, -0.25) is 4.99 Å². The lowest BCUT2D eigenvalue weighted by molar-refractivity contribution is 0.419. The molecule has 1 aromatic heterocycles. The molecule has 6 heteroatoms. The number of aryl methyl sites for hydroxylation is 1. The number of thioether (sulfide) groups is 1. The van der Waals surface area contributed by atoms with E-state index in [2.05, 4.69) is 48.2 Å². The molecule has 1 aliphatic carbocycles. The smallest absolute Gasteiger partial charge is 0.191 e. The number of hydrogen-bond donors (Lipinski definition) is 2. The molecular weight excluding hydrogens is 324 g/mol. The minimum atomic E-state index is 0.563. The fraction of sp³-hybridized carbons (Fsp3) is 0.765. The Kier molecular flexibility index (Phi) is 8.23. The average Bonchev–Trinajstić information content (AvgIpc) is 2.94. The third kappa shape index (κ3) is 6.71. The van der Waals surface area contributed by atoms with Gasteiger partial charge in [-0.1, -0.05) is 13.3 Å². The van der Waals surface area contributed by atoms with Crippen LogP contribution in [0.5, 0.6) is 0 Å². The summed E-state index contributed by atoms with van der Waals surface area (Å²) < 4.78 is 0. The number of hydrogen-bond acceptors (Lipinski definition) is 4. The molecule has 0 saturated heterocycles. The SMILES string of the molecule is CCNC(=NCCc1ncc(C)s1)NC1CCCC(SCC)C1. The van der Waals surface area contributed by atoms with Crippen LogP contribution >= 0.6 is 23.1 Å². The summed E-state index contributed by atoms with van der Waals surface area (Å²) in [7, 11) is 0. The molecule has 2 N–H and O–H groups in total. The van der Waals surface area contributed by atoms with Gasteiger partial charge in [0.05, 0.1) is 5.01 Å². The summed E-state index contributed by atoms with van der Waals surface area (Å²) in [5.74, 6) is 2.19. The van der Waals surface area contributed by atoms with Crippen molar-refractivity contribution >= 4 is 29.1 Å². The first-order chi connectivity index (χ1) is 11.2. The fourth-order valence-corrected chi connectivity index (χ4v) is 4.91. The van der Waals surface area contributed by atoms with Crippen molar-refractivity contribution in [2.75, 3.05) is 18.8 Å². The number of aliphatic imine (C=N–C) groups is 1. The van der Waals surface area contributed by atoms with Crippen LogP contribution < -0.4 is 10.6 Å². The Morgan fingerprint density at radius 3 is 3.00 bits per heavy atom. The standard InChI is InChI=1S/C17H30N4S2/c1-4-18-17(19-10-9-16-20-12-13(3)23-16)21-14-7-6-8-15(11-14)22-5-2/h12,14-15H,4-11H2,1-3H3,(H2,18,19,21). The van der Waals surface area contributed by atoms with Crippen molar-refractivity contribution in [3.8, 4) is 0 Å². The van der Waals surface area contributed by atoms with E-state index >= 15 is 0 Å². The van der Waals surface area contributed by atoms with Gasteiger partial charge in [-0.05, 0) is 38.9 Å². The first-order valence-electron chi connectivity index (χ1n) is 8.79. The van der Waals surface area contributed by atoms with Crippen LogP contribution in [0.4, 0.5) is 0 Å². The van der Waals surface area contributed by atoms with Crippen molar-refractivity contribution in [3.05, 3.63) is 16.1 Å². The maximum Gasteiger partial charge on any atom is 0.191 e. The van der Waals surface area contributed by atoms with E-state index in [1.54, 1.807) is 11.3 Å². The molecule has 130 valence electrons. The van der Waals surface area contributed by atoms with Gasteiger partial charge in [-0.2, -0.15) is 11.8 Å². The van der Waals surface area contributed by atoms with Gasteiger partial charge in [0.25, 0.3) is 0 Å². The monoisotopic (exact) mass is 354 g/mol. The third-order valence-corrected chi connectivity index (χ3v) is 6.18. The van der Waals surface area contributed by atoms with Crippen LogP contribution in [0.25, 0.3) is 0 Å². The number of nitrogens with zero attached hydrogens (tertiary/aromatic N) is 2. The van der Waals surface area contributed by atoms with E-state index in [0.717, 1.165) is 30.7 Å². The normalized spacial score (nSPS) is 22.1. The molecule has 2 atom stereocenters. The van der Waals surface area contributed by atoms with E-state index in [1.165, 1.54) is 41.3 Å². The zero-order chi connectivity index (χ0) is 16.5. The summed E-state index contributed by atoms with van der Waals surface area (Å²) in [6.45, 7) is 8.18. The maximum atomic E-state index is 4.74. The molecule has 1 aliphatic rings. The van der Waals surface area contributed by atoms with Crippen molar-refractivity contribution in [1.82, 2.24) is 15.6 Å². The summed E-state index contributed by atoms with van der Waals surface area (Å²) >= 11 is 3.88. The Morgan fingerprint density at radius 1 is 1.43 bits per heavy atom. The third-order valence-electron chi connectivity index (χ3n) is 3.98. The van der Waals surface area contributed by atoms with Gasteiger partial charge in [0, 0.05) is 41.9 Å². The van der Waals surface area contributed by atoms with E-state index in [9.17, 15) is 0 Å². The molecule has 0 radical (unpaired) electrons. The molecular formula is C17H30N4S2.